The molecule has 0 spiro atoms. The Balaban J connectivity index is 2.02. The average Bonchev–Trinajstić information content (AvgIpc) is 2.95. The van der Waals surface area contributed by atoms with Crippen LogP contribution in [0.3, 0.4) is 0 Å². The van der Waals surface area contributed by atoms with Gasteiger partial charge >= 0.3 is 0 Å². The van der Waals surface area contributed by atoms with Crippen molar-refractivity contribution in [1.29, 1.82) is 0 Å². The van der Waals surface area contributed by atoms with Crippen molar-refractivity contribution in [3.63, 3.8) is 0 Å². The van der Waals surface area contributed by atoms with Crippen molar-refractivity contribution < 1.29 is 0 Å². The Morgan fingerprint density at radius 3 is 2.84 bits per heavy atom. The summed E-state index contributed by atoms with van der Waals surface area (Å²) in [5.74, 6) is 0. The summed E-state index contributed by atoms with van der Waals surface area (Å²) in [7, 11) is 0. The van der Waals surface area contributed by atoms with E-state index >= 15 is 0 Å². The monoisotopic (exact) mass is 277 g/mol. The third-order valence-corrected chi connectivity index (χ3v) is 4.00. The lowest BCUT2D eigenvalue weighted by molar-refractivity contribution is 0.408. The van der Waals surface area contributed by atoms with Gasteiger partial charge in [-0.25, -0.2) is 4.98 Å². The Bertz CT molecular complexity index is 494. The summed E-state index contributed by atoms with van der Waals surface area (Å²) < 4.78 is 2.28. The normalized spacial score (nSPS) is 13.7. The fourth-order valence-corrected chi connectivity index (χ4v) is 2.87. The van der Waals surface area contributed by atoms with Gasteiger partial charge in [0.25, 0.3) is 0 Å². The first-order valence-corrected chi connectivity index (χ1v) is 7.62. The van der Waals surface area contributed by atoms with Gasteiger partial charge in [-0.05, 0) is 39.1 Å². The van der Waals surface area contributed by atoms with Gasteiger partial charge in [0.2, 0.25) is 0 Å². The largest absolute Gasteiger partial charge is 0.330 e. The highest BCUT2D eigenvalue weighted by Crippen LogP contribution is 2.19. The van der Waals surface area contributed by atoms with Gasteiger partial charge in [0, 0.05) is 35.6 Å². The number of nitrogens with one attached hydrogen (secondary N) is 1. The highest BCUT2D eigenvalue weighted by atomic mass is 32.1. The number of thiophene rings is 1. The van der Waals surface area contributed by atoms with Crippen LogP contribution in [0.1, 0.15) is 44.3 Å². The van der Waals surface area contributed by atoms with Crippen LogP contribution >= 0.6 is 11.3 Å². The van der Waals surface area contributed by atoms with Crippen LogP contribution in [-0.2, 0) is 13.0 Å². The second kappa shape index (κ2) is 5.88. The molecule has 2 rings (SSSR count). The molecule has 2 aromatic heterocycles. The van der Waals surface area contributed by atoms with Crippen LogP contribution < -0.4 is 5.32 Å². The molecule has 1 unspecified atom stereocenters. The number of hydrogen-bond donors (Lipinski definition) is 1. The van der Waals surface area contributed by atoms with E-state index in [1.54, 1.807) is 0 Å². The first-order chi connectivity index (χ1) is 8.96. The molecule has 0 aromatic carbocycles. The van der Waals surface area contributed by atoms with E-state index in [9.17, 15) is 0 Å². The standard InChI is InChI=1S/C15H23N3S/c1-12(8-14-6-5-7-19-14)18-11-16-9-13(18)10-17-15(2,3)4/h5-7,9,11-12,17H,8,10H2,1-4H3. The molecule has 19 heavy (non-hydrogen) atoms. The minimum atomic E-state index is 0.131. The van der Waals surface area contributed by atoms with Crippen LogP contribution in [0.25, 0.3) is 0 Å². The lowest BCUT2D eigenvalue weighted by atomic mass is 10.1. The van der Waals surface area contributed by atoms with E-state index in [1.165, 1.54) is 10.6 Å². The highest BCUT2D eigenvalue weighted by Gasteiger charge is 2.14. The topological polar surface area (TPSA) is 29.9 Å². The van der Waals surface area contributed by atoms with Crippen molar-refractivity contribution >= 4 is 11.3 Å². The Morgan fingerprint density at radius 2 is 2.21 bits per heavy atom. The summed E-state index contributed by atoms with van der Waals surface area (Å²) >= 11 is 1.82. The molecule has 3 nitrogen and oxygen atoms in total. The zero-order valence-electron chi connectivity index (χ0n) is 12.2. The van der Waals surface area contributed by atoms with Crippen LogP contribution in [0.5, 0.6) is 0 Å². The molecular weight excluding hydrogens is 254 g/mol. The Labute approximate surface area is 119 Å². The van der Waals surface area contributed by atoms with Crippen molar-refractivity contribution in [2.75, 3.05) is 0 Å². The SMILES string of the molecule is CC(Cc1cccs1)n1cncc1CNC(C)(C)C. The van der Waals surface area contributed by atoms with Crippen molar-refractivity contribution in [3.05, 3.63) is 40.6 Å². The molecule has 0 fully saturated rings. The molecule has 0 bridgehead atoms. The molecular formula is C15H23N3S. The van der Waals surface area contributed by atoms with Gasteiger partial charge < -0.3 is 9.88 Å². The quantitative estimate of drug-likeness (QED) is 0.904. The second-order valence-corrected chi connectivity index (χ2v) is 7.06. The maximum Gasteiger partial charge on any atom is 0.0951 e. The molecule has 0 amide bonds. The molecule has 4 heteroatoms. The van der Waals surface area contributed by atoms with Gasteiger partial charge in [0.1, 0.15) is 0 Å². The van der Waals surface area contributed by atoms with Crippen molar-refractivity contribution in [2.45, 2.75) is 52.2 Å². The van der Waals surface area contributed by atoms with Crippen LogP contribution in [0, 0.1) is 0 Å². The maximum atomic E-state index is 4.30. The van der Waals surface area contributed by atoms with Gasteiger partial charge in [-0.3, -0.25) is 0 Å². The molecule has 0 saturated heterocycles. The fourth-order valence-electron chi connectivity index (χ4n) is 2.04. The third kappa shape index (κ3) is 4.18. The lowest BCUT2D eigenvalue weighted by Gasteiger charge is -2.22. The molecule has 1 atom stereocenters. The summed E-state index contributed by atoms with van der Waals surface area (Å²) in [5, 5.41) is 5.66. The van der Waals surface area contributed by atoms with Crippen molar-refractivity contribution in [2.24, 2.45) is 0 Å². The summed E-state index contributed by atoms with van der Waals surface area (Å²) in [6.45, 7) is 9.66. The number of imidazole rings is 1. The molecule has 0 aliphatic carbocycles. The van der Waals surface area contributed by atoms with Crippen LogP contribution in [0.4, 0.5) is 0 Å². The molecule has 0 radical (unpaired) electrons. The molecule has 0 aliphatic rings. The van der Waals surface area contributed by atoms with E-state index in [4.69, 9.17) is 0 Å². The van der Waals surface area contributed by atoms with Gasteiger partial charge in [0.15, 0.2) is 0 Å². The van der Waals surface area contributed by atoms with Crippen molar-refractivity contribution in [1.82, 2.24) is 14.9 Å². The second-order valence-electron chi connectivity index (χ2n) is 6.03. The number of nitrogens with zero attached hydrogens (tertiary/aromatic N) is 2. The molecule has 0 saturated carbocycles. The van der Waals surface area contributed by atoms with Gasteiger partial charge in [-0.2, -0.15) is 0 Å². The first kappa shape index (κ1) is 14.3. The highest BCUT2D eigenvalue weighted by molar-refractivity contribution is 7.09. The molecule has 2 heterocycles. The fraction of sp³-hybridized carbons (Fsp3) is 0.533. The Kier molecular flexibility index (Phi) is 4.42. The predicted molar refractivity (Wildman–Crippen MR) is 81.6 cm³/mol. The number of aromatic nitrogens is 2. The molecule has 0 aliphatic heterocycles. The lowest BCUT2D eigenvalue weighted by Crippen LogP contribution is -2.35. The molecule has 1 N–H and O–H groups in total. The smallest absolute Gasteiger partial charge is 0.0951 e. The van der Waals surface area contributed by atoms with Crippen LogP contribution in [0.15, 0.2) is 30.0 Å². The van der Waals surface area contributed by atoms with Gasteiger partial charge in [-0.1, -0.05) is 6.07 Å². The molecule has 2 aromatic rings. The Hall–Kier alpha value is -1.13. The molecule has 104 valence electrons. The van der Waals surface area contributed by atoms with Crippen LogP contribution in [-0.4, -0.2) is 15.1 Å². The number of hydrogen-bond acceptors (Lipinski definition) is 3. The van der Waals surface area contributed by atoms with Gasteiger partial charge in [-0.15, -0.1) is 11.3 Å². The first-order valence-electron chi connectivity index (χ1n) is 6.74. The summed E-state index contributed by atoms with van der Waals surface area (Å²) in [6, 6.07) is 4.76. The minimum absolute atomic E-state index is 0.131. The van der Waals surface area contributed by atoms with E-state index in [-0.39, 0.29) is 5.54 Å². The zero-order valence-corrected chi connectivity index (χ0v) is 13.0. The van der Waals surface area contributed by atoms with E-state index in [0.717, 1.165) is 13.0 Å². The minimum Gasteiger partial charge on any atom is -0.330 e. The third-order valence-electron chi connectivity index (χ3n) is 3.10. The summed E-state index contributed by atoms with van der Waals surface area (Å²) in [5.41, 5.74) is 1.38. The maximum absolute atomic E-state index is 4.30. The zero-order chi connectivity index (χ0) is 13.9. The summed E-state index contributed by atoms with van der Waals surface area (Å²) in [6.07, 6.45) is 4.97. The van der Waals surface area contributed by atoms with Crippen LogP contribution in [0.2, 0.25) is 0 Å². The predicted octanol–water partition coefficient (Wildman–Crippen LogP) is 3.64. The van der Waals surface area contributed by atoms with E-state index in [0.29, 0.717) is 6.04 Å². The number of rotatable bonds is 5. The van der Waals surface area contributed by atoms with E-state index in [1.807, 2.05) is 23.9 Å². The van der Waals surface area contributed by atoms with Gasteiger partial charge in [0.05, 0.1) is 12.0 Å². The summed E-state index contributed by atoms with van der Waals surface area (Å²) in [4.78, 5) is 5.73. The van der Waals surface area contributed by atoms with Crippen molar-refractivity contribution in [3.8, 4) is 0 Å². The van der Waals surface area contributed by atoms with E-state index < -0.39 is 0 Å². The Morgan fingerprint density at radius 1 is 1.42 bits per heavy atom. The average molecular weight is 277 g/mol. The van der Waals surface area contributed by atoms with E-state index in [2.05, 4.69) is 60.1 Å².